The zero-order chi connectivity index (χ0) is 21.4. The van der Waals surface area contributed by atoms with Crippen LogP contribution in [0.5, 0.6) is 0 Å². The van der Waals surface area contributed by atoms with E-state index >= 15 is 0 Å². The van der Waals surface area contributed by atoms with Gasteiger partial charge in [0.05, 0.1) is 17.8 Å². The molecule has 1 N–H and O–H groups in total. The SMILES string of the molecule is Cc1ccc(-c2ccc([C@@H]3[C@@H](c4ccccn4)NC(=S)N3C[C@@H]3CCCO3)o2)c(Br)c1. The van der Waals surface area contributed by atoms with Gasteiger partial charge in [-0.3, -0.25) is 4.98 Å². The normalized spacial score (nSPS) is 23.4. The lowest BCUT2D eigenvalue weighted by molar-refractivity contribution is 0.0818. The first-order valence-electron chi connectivity index (χ1n) is 10.6. The van der Waals surface area contributed by atoms with Crippen LogP contribution in [0.15, 0.2) is 63.6 Å². The Kier molecular flexibility index (Phi) is 5.82. The van der Waals surface area contributed by atoms with Gasteiger partial charge >= 0.3 is 0 Å². The van der Waals surface area contributed by atoms with Crippen molar-refractivity contribution in [1.82, 2.24) is 15.2 Å². The minimum atomic E-state index is -0.0930. The van der Waals surface area contributed by atoms with E-state index in [0.29, 0.717) is 5.11 Å². The fourth-order valence-electron chi connectivity index (χ4n) is 4.40. The van der Waals surface area contributed by atoms with Crippen molar-refractivity contribution >= 4 is 33.3 Å². The van der Waals surface area contributed by atoms with Gasteiger partial charge in [-0.15, -0.1) is 0 Å². The van der Waals surface area contributed by atoms with E-state index in [1.54, 1.807) is 0 Å². The predicted octanol–water partition coefficient (Wildman–Crippen LogP) is 5.56. The molecule has 0 aliphatic carbocycles. The predicted molar refractivity (Wildman–Crippen MR) is 128 cm³/mol. The molecule has 2 saturated heterocycles. The highest BCUT2D eigenvalue weighted by molar-refractivity contribution is 9.10. The minimum absolute atomic E-state index is 0.0874. The summed E-state index contributed by atoms with van der Waals surface area (Å²) in [6.07, 6.45) is 4.15. The molecule has 2 aromatic heterocycles. The van der Waals surface area contributed by atoms with Crippen LogP contribution < -0.4 is 5.32 Å². The lowest BCUT2D eigenvalue weighted by Gasteiger charge is -2.28. The van der Waals surface area contributed by atoms with E-state index in [2.05, 4.69) is 62.3 Å². The van der Waals surface area contributed by atoms with Crippen molar-refractivity contribution in [2.24, 2.45) is 0 Å². The van der Waals surface area contributed by atoms with E-state index < -0.39 is 0 Å². The van der Waals surface area contributed by atoms with Crippen LogP contribution in [0.4, 0.5) is 0 Å². The largest absolute Gasteiger partial charge is 0.459 e. The van der Waals surface area contributed by atoms with Crippen LogP contribution in [0.1, 0.15) is 41.9 Å². The fourth-order valence-corrected chi connectivity index (χ4v) is 5.40. The van der Waals surface area contributed by atoms with Gasteiger partial charge in [0, 0.05) is 29.4 Å². The molecule has 0 radical (unpaired) electrons. The number of rotatable bonds is 5. The summed E-state index contributed by atoms with van der Waals surface area (Å²) in [4.78, 5) is 6.80. The minimum Gasteiger partial charge on any atom is -0.459 e. The Morgan fingerprint density at radius 2 is 2.13 bits per heavy atom. The highest BCUT2D eigenvalue weighted by Gasteiger charge is 2.42. The average Bonchev–Trinajstić information content (AvgIpc) is 3.51. The maximum absolute atomic E-state index is 6.43. The molecule has 5 rings (SSSR count). The number of ether oxygens (including phenoxy) is 1. The van der Waals surface area contributed by atoms with E-state index in [1.807, 2.05) is 30.5 Å². The molecular weight excluding hydrogens is 474 g/mol. The van der Waals surface area contributed by atoms with Gasteiger partial charge in [0.1, 0.15) is 17.6 Å². The molecule has 1 aromatic carbocycles. The van der Waals surface area contributed by atoms with Crippen molar-refractivity contribution in [3.8, 4) is 11.3 Å². The number of aromatic nitrogens is 1. The van der Waals surface area contributed by atoms with E-state index in [9.17, 15) is 0 Å². The molecule has 0 amide bonds. The first-order valence-corrected chi connectivity index (χ1v) is 11.8. The molecule has 7 heteroatoms. The number of halogens is 1. The van der Waals surface area contributed by atoms with Gasteiger partial charge in [0.15, 0.2) is 5.11 Å². The number of aryl methyl sites for hydroxylation is 1. The third-order valence-corrected chi connectivity index (χ3v) is 6.94. The van der Waals surface area contributed by atoms with Crippen molar-refractivity contribution in [1.29, 1.82) is 0 Å². The number of hydrogen-bond donors (Lipinski definition) is 1. The molecule has 0 saturated carbocycles. The summed E-state index contributed by atoms with van der Waals surface area (Å²) in [6.45, 7) is 3.64. The van der Waals surface area contributed by atoms with Gasteiger partial charge in [-0.05, 0) is 73.9 Å². The molecule has 0 bridgehead atoms. The third kappa shape index (κ3) is 4.14. The second-order valence-corrected chi connectivity index (χ2v) is 9.34. The zero-order valence-corrected chi connectivity index (χ0v) is 19.7. The maximum atomic E-state index is 6.43. The van der Waals surface area contributed by atoms with Gasteiger partial charge in [-0.1, -0.05) is 28.1 Å². The van der Waals surface area contributed by atoms with Crippen molar-refractivity contribution < 1.29 is 9.15 Å². The Labute approximate surface area is 195 Å². The first-order chi connectivity index (χ1) is 15.1. The summed E-state index contributed by atoms with van der Waals surface area (Å²) in [5.41, 5.74) is 3.18. The molecular formula is C24H24BrN3O2S. The van der Waals surface area contributed by atoms with Gasteiger partial charge in [-0.2, -0.15) is 0 Å². The molecule has 3 atom stereocenters. The van der Waals surface area contributed by atoms with Crippen LogP contribution in [0.25, 0.3) is 11.3 Å². The van der Waals surface area contributed by atoms with Gasteiger partial charge in [0.2, 0.25) is 0 Å². The molecule has 0 spiro atoms. The van der Waals surface area contributed by atoms with Crippen LogP contribution in [0, 0.1) is 6.92 Å². The molecule has 0 unspecified atom stereocenters. The topological polar surface area (TPSA) is 50.5 Å². The smallest absolute Gasteiger partial charge is 0.170 e. The standard InChI is InChI=1S/C24H24BrN3O2S/c1-15-7-8-17(18(25)13-15)20-9-10-21(30-20)23-22(19-6-2-3-11-26-19)27-24(31)28(23)14-16-5-4-12-29-16/h2-3,6-11,13,16,22-23H,4-5,12,14H2,1H3,(H,27,31)/t16-,22+,23+/m0/s1. The van der Waals surface area contributed by atoms with Crippen LogP contribution in [-0.4, -0.2) is 34.3 Å². The maximum Gasteiger partial charge on any atom is 0.170 e. The van der Waals surface area contributed by atoms with Crippen LogP contribution in [0.3, 0.4) is 0 Å². The van der Waals surface area contributed by atoms with Gasteiger partial charge in [0.25, 0.3) is 0 Å². The number of pyridine rings is 1. The summed E-state index contributed by atoms with van der Waals surface area (Å²) in [7, 11) is 0. The van der Waals surface area contributed by atoms with Crippen LogP contribution in [0.2, 0.25) is 0 Å². The third-order valence-electron chi connectivity index (χ3n) is 5.93. The average molecular weight is 498 g/mol. The number of hydrogen-bond acceptors (Lipinski definition) is 4. The molecule has 2 aliphatic heterocycles. The first kappa shape index (κ1) is 20.7. The Hall–Kier alpha value is -2.22. The molecule has 31 heavy (non-hydrogen) atoms. The monoisotopic (exact) mass is 497 g/mol. The molecule has 4 heterocycles. The summed E-state index contributed by atoms with van der Waals surface area (Å²) in [5, 5.41) is 4.19. The molecule has 2 aliphatic rings. The summed E-state index contributed by atoms with van der Waals surface area (Å²) < 4.78 is 13.4. The lowest BCUT2D eigenvalue weighted by Crippen LogP contribution is -2.36. The Morgan fingerprint density at radius 3 is 2.87 bits per heavy atom. The summed E-state index contributed by atoms with van der Waals surface area (Å²) in [6, 6.07) is 16.1. The van der Waals surface area contributed by atoms with Crippen molar-refractivity contribution in [2.45, 2.75) is 38.0 Å². The Morgan fingerprint density at radius 1 is 1.23 bits per heavy atom. The van der Waals surface area contributed by atoms with Crippen molar-refractivity contribution in [2.75, 3.05) is 13.2 Å². The Bertz CT molecular complexity index is 1080. The molecule has 5 nitrogen and oxygen atoms in total. The van der Waals surface area contributed by atoms with Crippen LogP contribution in [-0.2, 0) is 4.74 Å². The van der Waals surface area contributed by atoms with Gasteiger partial charge < -0.3 is 19.4 Å². The van der Waals surface area contributed by atoms with E-state index in [4.69, 9.17) is 21.4 Å². The van der Waals surface area contributed by atoms with Crippen molar-refractivity contribution in [3.63, 3.8) is 0 Å². The summed E-state index contributed by atoms with van der Waals surface area (Å²) in [5.74, 6) is 1.69. The highest BCUT2D eigenvalue weighted by atomic mass is 79.9. The second kappa shape index (κ2) is 8.73. The number of nitrogens with one attached hydrogen (secondary N) is 1. The Balaban J connectivity index is 1.51. The molecule has 2 fully saturated rings. The number of nitrogens with zero attached hydrogens (tertiary/aromatic N) is 2. The number of furan rings is 1. The summed E-state index contributed by atoms with van der Waals surface area (Å²) >= 11 is 9.42. The molecule has 3 aromatic rings. The molecule has 160 valence electrons. The number of benzene rings is 1. The quantitative estimate of drug-likeness (QED) is 0.465. The van der Waals surface area contributed by atoms with E-state index in [1.165, 1.54) is 5.56 Å². The van der Waals surface area contributed by atoms with Crippen molar-refractivity contribution in [3.05, 3.63) is 76.2 Å². The fraction of sp³-hybridized carbons (Fsp3) is 0.333. The van der Waals surface area contributed by atoms with E-state index in [-0.39, 0.29) is 18.2 Å². The lowest BCUT2D eigenvalue weighted by atomic mass is 10.0. The zero-order valence-electron chi connectivity index (χ0n) is 17.3. The number of thiocarbonyl (C=S) groups is 1. The van der Waals surface area contributed by atoms with Crippen LogP contribution >= 0.6 is 28.1 Å². The highest BCUT2D eigenvalue weighted by Crippen LogP contribution is 2.41. The second-order valence-electron chi connectivity index (χ2n) is 8.10. The van der Waals surface area contributed by atoms with Gasteiger partial charge in [-0.25, -0.2) is 0 Å². The van der Waals surface area contributed by atoms with E-state index in [0.717, 1.165) is 53.2 Å².